The van der Waals surface area contributed by atoms with E-state index in [1.807, 2.05) is 16.8 Å². The maximum Gasteiger partial charge on any atom is 0.490 e. The number of carboxylic acid groups (broad SMARTS) is 1. The van der Waals surface area contributed by atoms with Crippen LogP contribution in [0.4, 0.5) is 13.2 Å². The van der Waals surface area contributed by atoms with Crippen LogP contribution in [0.3, 0.4) is 0 Å². The average molecular weight is 434 g/mol. The molecule has 0 aliphatic carbocycles. The predicted octanol–water partition coefficient (Wildman–Crippen LogP) is 2.95. The lowest BCUT2D eigenvalue weighted by Crippen LogP contribution is -2.43. The van der Waals surface area contributed by atoms with Crippen molar-refractivity contribution in [1.29, 1.82) is 0 Å². The van der Waals surface area contributed by atoms with Gasteiger partial charge in [0.05, 0.1) is 11.7 Å². The normalized spacial score (nSPS) is 27.3. The maximum atomic E-state index is 12.5. The maximum absolute atomic E-state index is 12.5. The molecule has 3 fully saturated rings. The van der Waals surface area contributed by atoms with Gasteiger partial charge in [0.15, 0.2) is 0 Å². The van der Waals surface area contributed by atoms with E-state index in [2.05, 4.69) is 9.80 Å². The summed E-state index contributed by atoms with van der Waals surface area (Å²) in [5.41, 5.74) is 0.861. The van der Waals surface area contributed by atoms with Gasteiger partial charge in [-0.05, 0) is 49.1 Å². The SMILES string of the molecule is O=C(O)C(F)(F)F.O=C(c1ccsc1)N1C[C@H]2CN(CC3CCCO3)CC[C@H]2C1. The summed E-state index contributed by atoms with van der Waals surface area (Å²) in [6, 6.07) is 1.94. The van der Waals surface area contributed by atoms with Crippen LogP contribution < -0.4 is 0 Å². The lowest BCUT2D eigenvalue weighted by atomic mass is 9.88. The molecule has 1 N–H and O–H groups in total. The minimum atomic E-state index is -5.08. The number of alkyl halides is 3. The van der Waals surface area contributed by atoms with Crippen LogP contribution in [-0.4, -0.2) is 78.4 Å². The molecular weight excluding hydrogens is 409 g/mol. The van der Waals surface area contributed by atoms with Gasteiger partial charge in [-0.15, -0.1) is 0 Å². The molecule has 3 aliphatic rings. The zero-order valence-electron chi connectivity index (χ0n) is 15.9. The molecule has 3 saturated heterocycles. The molecule has 0 saturated carbocycles. The first kappa shape index (κ1) is 22.0. The molecule has 0 bridgehead atoms. The fraction of sp³-hybridized carbons (Fsp3) is 0.684. The van der Waals surface area contributed by atoms with Gasteiger partial charge in [0.25, 0.3) is 5.91 Å². The minimum Gasteiger partial charge on any atom is -0.475 e. The number of carbonyl (C=O) groups excluding carboxylic acids is 1. The van der Waals surface area contributed by atoms with Gasteiger partial charge in [0.2, 0.25) is 0 Å². The highest BCUT2D eigenvalue weighted by molar-refractivity contribution is 7.08. The summed E-state index contributed by atoms with van der Waals surface area (Å²) in [7, 11) is 0. The molecule has 162 valence electrons. The largest absolute Gasteiger partial charge is 0.490 e. The van der Waals surface area contributed by atoms with Crippen molar-refractivity contribution >= 4 is 23.2 Å². The number of nitrogens with zero attached hydrogens (tertiary/aromatic N) is 2. The molecule has 3 atom stereocenters. The minimum absolute atomic E-state index is 0.223. The van der Waals surface area contributed by atoms with Crippen LogP contribution in [0.2, 0.25) is 0 Å². The first-order valence-electron chi connectivity index (χ1n) is 9.69. The molecular formula is C19H25F3N2O4S. The van der Waals surface area contributed by atoms with Gasteiger partial charge in [-0.25, -0.2) is 4.79 Å². The Morgan fingerprint density at radius 3 is 2.52 bits per heavy atom. The van der Waals surface area contributed by atoms with Crippen molar-refractivity contribution in [2.24, 2.45) is 11.8 Å². The third kappa shape index (κ3) is 5.93. The highest BCUT2D eigenvalue weighted by Gasteiger charge is 2.40. The second kappa shape index (κ2) is 9.44. The van der Waals surface area contributed by atoms with E-state index < -0.39 is 12.1 Å². The number of likely N-dealkylation sites (tertiary alicyclic amines) is 2. The zero-order chi connectivity index (χ0) is 21.0. The number of ether oxygens (including phenoxy) is 1. The van der Waals surface area contributed by atoms with Crippen molar-refractivity contribution < 1.29 is 32.6 Å². The Labute approximate surface area is 171 Å². The lowest BCUT2D eigenvalue weighted by molar-refractivity contribution is -0.192. The van der Waals surface area contributed by atoms with Gasteiger partial charge < -0.3 is 19.6 Å². The smallest absolute Gasteiger partial charge is 0.475 e. The Morgan fingerprint density at radius 1 is 1.21 bits per heavy atom. The molecule has 0 aromatic carbocycles. The van der Waals surface area contributed by atoms with Gasteiger partial charge in [0, 0.05) is 38.2 Å². The van der Waals surface area contributed by atoms with Gasteiger partial charge in [-0.1, -0.05) is 0 Å². The summed E-state index contributed by atoms with van der Waals surface area (Å²) >= 11 is 1.60. The molecule has 3 aliphatic heterocycles. The van der Waals surface area contributed by atoms with Crippen molar-refractivity contribution in [3.8, 4) is 0 Å². The molecule has 1 unspecified atom stereocenters. The van der Waals surface area contributed by atoms with Gasteiger partial charge >= 0.3 is 12.1 Å². The first-order chi connectivity index (χ1) is 13.7. The fourth-order valence-corrected chi connectivity index (χ4v) is 4.85. The third-order valence-corrected chi connectivity index (χ3v) is 6.35. The van der Waals surface area contributed by atoms with Crippen molar-refractivity contribution in [2.45, 2.75) is 31.5 Å². The van der Waals surface area contributed by atoms with Crippen LogP contribution in [0.5, 0.6) is 0 Å². The molecule has 1 amide bonds. The number of halogens is 3. The third-order valence-electron chi connectivity index (χ3n) is 5.67. The van der Waals surface area contributed by atoms with Crippen molar-refractivity contribution in [3.05, 3.63) is 22.4 Å². The number of piperidine rings is 1. The Hall–Kier alpha value is -1.65. The van der Waals surface area contributed by atoms with Gasteiger partial charge in [-0.2, -0.15) is 24.5 Å². The number of fused-ring (bicyclic) bond motifs is 1. The second-order valence-corrected chi connectivity index (χ2v) is 8.51. The van der Waals surface area contributed by atoms with Crippen molar-refractivity contribution in [1.82, 2.24) is 9.80 Å². The Morgan fingerprint density at radius 2 is 1.93 bits per heavy atom. The number of aliphatic carboxylic acids is 1. The van der Waals surface area contributed by atoms with E-state index in [1.54, 1.807) is 11.3 Å². The molecule has 6 nitrogen and oxygen atoms in total. The molecule has 0 radical (unpaired) electrons. The van der Waals surface area contributed by atoms with E-state index in [4.69, 9.17) is 14.6 Å². The molecule has 4 rings (SSSR count). The molecule has 1 aromatic rings. The topological polar surface area (TPSA) is 70.1 Å². The number of thiophene rings is 1. The van der Waals surface area contributed by atoms with Crippen LogP contribution in [0.15, 0.2) is 16.8 Å². The summed E-state index contributed by atoms with van der Waals surface area (Å²) in [4.78, 5) is 26.0. The summed E-state index contributed by atoms with van der Waals surface area (Å²) in [5, 5.41) is 11.1. The van der Waals surface area contributed by atoms with E-state index >= 15 is 0 Å². The van der Waals surface area contributed by atoms with Gasteiger partial charge in [0.1, 0.15) is 0 Å². The Kier molecular flexibility index (Phi) is 7.18. The summed E-state index contributed by atoms with van der Waals surface area (Å²) in [6.45, 7) is 6.21. The molecule has 29 heavy (non-hydrogen) atoms. The lowest BCUT2D eigenvalue weighted by Gasteiger charge is -2.35. The monoisotopic (exact) mass is 434 g/mol. The molecule has 4 heterocycles. The average Bonchev–Trinajstić information content (AvgIpc) is 3.42. The molecule has 0 spiro atoms. The number of amides is 1. The van der Waals surface area contributed by atoms with Crippen LogP contribution in [0.1, 0.15) is 29.6 Å². The van der Waals surface area contributed by atoms with E-state index in [0.29, 0.717) is 17.9 Å². The fourth-order valence-electron chi connectivity index (χ4n) is 4.22. The van der Waals surface area contributed by atoms with Crippen LogP contribution in [-0.2, 0) is 9.53 Å². The number of hydrogen-bond acceptors (Lipinski definition) is 5. The van der Waals surface area contributed by atoms with Crippen LogP contribution in [0, 0.1) is 11.8 Å². The van der Waals surface area contributed by atoms with Crippen LogP contribution >= 0.6 is 11.3 Å². The van der Waals surface area contributed by atoms with Crippen molar-refractivity contribution in [2.75, 3.05) is 39.3 Å². The highest BCUT2D eigenvalue weighted by atomic mass is 32.1. The highest BCUT2D eigenvalue weighted by Crippen LogP contribution is 2.32. The number of carboxylic acids is 1. The summed E-state index contributed by atoms with van der Waals surface area (Å²) < 4.78 is 37.5. The van der Waals surface area contributed by atoms with Crippen LogP contribution in [0.25, 0.3) is 0 Å². The van der Waals surface area contributed by atoms with Crippen molar-refractivity contribution in [3.63, 3.8) is 0 Å². The number of carbonyl (C=O) groups is 2. The Bertz CT molecular complexity index is 692. The van der Waals surface area contributed by atoms with E-state index in [-0.39, 0.29) is 5.91 Å². The quantitative estimate of drug-likeness (QED) is 0.792. The first-order valence-corrected chi connectivity index (χ1v) is 10.6. The zero-order valence-corrected chi connectivity index (χ0v) is 16.8. The van der Waals surface area contributed by atoms with Gasteiger partial charge in [-0.3, -0.25) is 4.79 Å². The van der Waals surface area contributed by atoms with E-state index in [9.17, 15) is 18.0 Å². The molecule has 10 heteroatoms. The van der Waals surface area contributed by atoms with E-state index in [0.717, 1.165) is 38.3 Å². The second-order valence-electron chi connectivity index (χ2n) is 7.73. The van der Waals surface area contributed by atoms with E-state index in [1.165, 1.54) is 25.8 Å². The summed E-state index contributed by atoms with van der Waals surface area (Å²) in [6.07, 6.45) is -0.979. The number of hydrogen-bond donors (Lipinski definition) is 1. The Balaban J connectivity index is 0.000000298. The summed E-state index contributed by atoms with van der Waals surface area (Å²) in [5.74, 6) is -1.19. The standard InChI is InChI=1S/C17H24N2O2S.C2HF3O2/c20-17(14-4-7-22-12-14)19-9-13-3-5-18(8-15(13)10-19)11-16-2-1-6-21-16;3-2(4,5)1(6)7/h4,7,12-13,15-16H,1-3,5-6,8-11H2;(H,6,7)/t13-,15+,16?;/m0./s1. The predicted molar refractivity (Wildman–Crippen MR) is 101 cm³/mol. The number of rotatable bonds is 3. The molecule has 1 aromatic heterocycles.